The van der Waals surface area contributed by atoms with Gasteiger partial charge in [-0.1, -0.05) is 76.6 Å². The van der Waals surface area contributed by atoms with Crippen LogP contribution in [0.3, 0.4) is 0 Å². The maximum Gasteiger partial charge on any atom is 0.0630 e. The second kappa shape index (κ2) is 6.73. The third-order valence-corrected chi connectivity index (χ3v) is 5.83. The van der Waals surface area contributed by atoms with Crippen molar-refractivity contribution in [2.24, 2.45) is 0 Å². The van der Waals surface area contributed by atoms with Crippen LogP contribution in [0.1, 0.15) is 5.56 Å². The molecule has 0 saturated heterocycles. The van der Waals surface area contributed by atoms with Crippen molar-refractivity contribution in [3.8, 4) is 11.3 Å². The molecule has 118 valence electrons. The Bertz CT molecular complexity index is 988. The Hall–Kier alpha value is -1.59. The van der Waals surface area contributed by atoms with E-state index in [0.717, 1.165) is 11.0 Å². The number of aromatic nitrogens is 1. The Kier molecular flexibility index (Phi) is 4.46. The summed E-state index contributed by atoms with van der Waals surface area (Å²) >= 11 is 6.00. The van der Waals surface area contributed by atoms with E-state index in [0.29, 0.717) is 0 Å². The summed E-state index contributed by atoms with van der Waals surface area (Å²) in [6, 6.07) is 27.9. The lowest BCUT2D eigenvalue weighted by Gasteiger charge is -2.12. The van der Waals surface area contributed by atoms with Crippen molar-refractivity contribution in [2.75, 3.05) is 0 Å². The standard InChI is InChI=1S/C21H15BrIN/c22-17-12-10-15(11-13-17)14-24-19-9-5-4-8-18(19)20(23)21(24)16-6-2-1-3-7-16/h1-13H,14H2. The number of hydrogen-bond donors (Lipinski definition) is 0. The van der Waals surface area contributed by atoms with Crippen molar-refractivity contribution in [2.45, 2.75) is 6.54 Å². The largest absolute Gasteiger partial charge is 0.335 e. The van der Waals surface area contributed by atoms with Crippen LogP contribution in [0.5, 0.6) is 0 Å². The lowest BCUT2D eigenvalue weighted by Crippen LogP contribution is -2.02. The Morgan fingerprint density at radius 1 is 0.792 bits per heavy atom. The van der Waals surface area contributed by atoms with Gasteiger partial charge in [-0.15, -0.1) is 0 Å². The number of benzene rings is 3. The van der Waals surface area contributed by atoms with Crippen LogP contribution in [0.4, 0.5) is 0 Å². The van der Waals surface area contributed by atoms with Crippen LogP contribution in [0.15, 0.2) is 83.3 Å². The minimum absolute atomic E-state index is 0.862. The topological polar surface area (TPSA) is 4.93 Å². The molecule has 24 heavy (non-hydrogen) atoms. The minimum atomic E-state index is 0.862. The lowest BCUT2D eigenvalue weighted by molar-refractivity contribution is 0.843. The molecule has 0 N–H and O–H groups in total. The Balaban J connectivity index is 1.93. The minimum Gasteiger partial charge on any atom is -0.335 e. The second-order valence-electron chi connectivity index (χ2n) is 5.76. The van der Waals surface area contributed by atoms with Crippen molar-refractivity contribution in [1.82, 2.24) is 4.57 Å². The Morgan fingerprint density at radius 3 is 2.21 bits per heavy atom. The van der Waals surface area contributed by atoms with E-state index in [-0.39, 0.29) is 0 Å². The first kappa shape index (κ1) is 15.9. The van der Waals surface area contributed by atoms with Gasteiger partial charge in [-0.05, 0) is 51.9 Å². The highest BCUT2D eigenvalue weighted by molar-refractivity contribution is 14.1. The average Bonchev–Trinajstić information content (AvgIpc) is 2.90. The van der Waals surface area contributed by atoms with Crippen LogP contribution in [0.2, 0.25) is 0 Å². The zero-order chi connectivity index (χ0) is 16.5. The van der Waals surface area contributed by atoms with Gasteiger partial charge in [0.2, 0.25) is 0 Å². The quantitative estimate of drug-likeness (QED) is 0.282. The number of nitrogens with zero attached hydrogens (tertiary/aromatic N) is 1. The summed E-state index contributed by atoms with van der Waals surface area (Å²) in [7, 11) is 0. The fraction of sp³-hybridized carbons (Fsp3) is 0.0476. The van der Waals surface area contributed by atoms with Gasteiger partial charge in [0.05, 0.1) is 5.69 Å². The van der Waals surface area contributed by atoms with Crippen LogP contribution < -0.4 is 0 Å². The monoisotopic (exact) mass is 487 g/mol. The molecule has 0 aliphatic carbocycles. The predicted octanol–water partition coefficient (Wildman–Crippen LogP) is 6.72. The number of rotatable bonds is 3. The third-order valence-electron chi connectivity index (χ3n) is 4.21. The molecule has 1 aromatic heterocycles. The summed E-state index contributed by atoms with van der Waals surface area (Å²) in [6.45, 7) is 0.862. The van der Waals surface area contributed by atoms with Gasteiger partial charge >= 0.3 is 0 Å². The highest BCUT2D eigenvalue weighted by Gasteiger charge is 2.16. The molecule has 0 atom stereocenters. The first-order valence-corrected chi connectivity index (χ1v) is 9.68. The summed E-state index contributed by atoms with van der Waals surface area (Å²) < 4.78 is 4.85. The van der Waals surface area contributed by atoms with E-state index in [1.807, 2.05) is 0 Å². The van der Waals surface area contributed by atoms with Gasteiger partial charge in [0.1, 0.15) is 0 Å². The molecule has 0 unspecified atom stereocenters. The third kappa shape index (κ3) is 2.91. The highest BCUT2D eigenvalue weighted by atomic mass is 127. The predicted molar refractivity (Wildman–Crippen MR) is 113 cm³/mol. The fourth-order valence-corrected chi connectivity index (χ4v) is 4.40. The average molecular weight is 488 g/mol. The zero-order valence-electron chi connectivity index (χ0n) is 12.9. The SMILES string of the molecule is Brc1ccc(Cn2c(-c3ccccc3)c(I)c3ccccc32)cc1. The molecule has 4 aromatic rings. The second-order valence-corrected chi connectivity index (χ2v) is 7.75. The molecule has 0 fully saturated rings. The van der Waals surface area contributed by atoms with Crippen molar-refractivity contribution in [3.05, 3.63) is 92.5 Å². The molecular formula is C21H15BrIN. The van der Waals surface area contributed by atoms with E-state index in [9.17, 15) is 0 Å². The molecule has 3 aromatic carbocycles. The first-order chi connectivity index (χ1) is 11.7. The molecule has 0 aliphatic heterocycles. The molecule has 0 radical (unpaired) electrons. The highest BCUT2D eigenvalue weighted by Crippen LogP contribution is 2.35. The summed E-state index contributed by atoms with van der Waals surface area (Å²) in [5.74, 6) is 0. The number of fused-ring (bicyclic) bond motifs is 1. The molecule has 1 nitrogen and oxygen atoms in total. The lowest BCUT2D eigenvalue weighted by atomic mass is 10.1. The van der Waals surface area contributed by atoms with Crippen LogP contribution >= 0.6 is 38.5 Å². The maximum atomic E-state index is 3.52. The summed E-state index contributed by atoms with van der Waals surface area (Å²) in [4.78, 5) is 0. The number of para-hydroxylation sites is 1. The van der Waals surface area contributed by atoms with Gasteiger partial charge in [0.25, 0.3) is 0 Å². The van der Waals surface area contributed by atoms with Gasteiger partial charge in [-0.2, -0.15) is 0 Å². The van der Waals surface area contributed by atoms with E-state index in [4.69, 9.17) is 0 Å². The molecule has 0 spiro atoms. The van der Waals surface area contributed by atoms with E-state index in [2.05, 4.69) is 122 Å². The van der Waals surface area contributed by atoms with Crippen molar-refractivity contribution < 1.29 is 0 Å². The number of hydrogen-bond acceptors (Lipinski definition) is 0. The maximum absolute atomic E-state index is 3.52. The molecule has 3 heteroatoms. The van der Waals surface area contributed by atoms with E-state index in [1.165, 1.54) is 31.3 Å². The molecular weight excluding hydrogens is 473 g/mol. The Morgan fingerprint density at radius 2 is 1.46 bits per heavy atom. The normalized spacial score (nSPS) is 11.1. The van der Waals surface area contributed by atoms with Crippen LogP contribution in [0.25, 0.3) is 22.2 Å². The van der Waals surface area contributed by atoms with E-state index < -0.39 is 0 Å². The molecule has 0 aliphatic rings. The first-order valence-electron chi connectivity index (χ1n) is 7.80. The van der Waals surface area contributed by atoms with E-state index in [1.54, 1.807) is 0 Å². The van der Waals surface area contributed by atoms with Crippen molar-refractivity contribution in [3.63, 3.8) is 0 Å². The van der Waals surface area contributed by atoms with Crippen LogP contribution in [-0.2, 0) is 6.54 Å². The zero-order valence-corrected chi connectivity index (χ0v) is 16.7. The molecule has 0 saturated carbocycles. The van der Waals surface area contributed by atoms with Gasteiger partial charge in [0, 0.05) is 25.5 Å². The fourth-order valence-electron chi connectivity index (χ4n) is 3.08. The van der Waals surface area contributed by atoms with E-state index >= 15 is 0 Å². The number of halogens is 2. The molecule has 1 heterocycles. The molecule has 0 bridgehead atoms. The van der Waals surface area contributed by atoms with Gasteiger partial charge in [0.15, 0.2) is 0 Å². The van der Waals surface area contributed by atoms with Gasteiger partial charge in [-0.25, -0.2) is 0 Å². The molecule has 0 amide bonds. The summed E-state index contributed by atoms with van der Waals surface area (Å²) in [5, 5.41) is 1.31. The Labute approximate surface area is 163 Å². The van der Waals surface area contributed by atoms with Gasteiger partial charge < -0.3 is 4.57 Å². The van der Waals surface area contributed by atoms with Crippen LogP contribution in [-0.4, -0.2) is 4.57 Å². The van der Waals surface area contributed by atoms with Crippen molar-refractivity contribution >= 4 is 49.4 Å². The van der Waals surface area contributed by atoms with Crippen molar-refractivity contribution in [1.29, 1.82) is 0 Å². The summed E-state index contributed by atoms with van der Waals surface area (Å²) in [6.07, 6.45) is 0. The molecule has 4 rings (SSSR count). The van der Waals surface area contributed by atoms with Gasteiger partial charge in [-0.3, -0.25) is 0 Å². The summed E-state index contributed by atoms with van der Waals surface area (Å²) in [5.41, 5.74) is 5.13. The van der Waals surface area contributed by atoms with Crippen LogP contribution in [0, 0.1) is 3.57 Å². The smallest absolute Gasteiger partial charge is 0.0630 e.